The average Bonchev–Trinajstić information content (AvgIpc) is 2.93. The lowest BCUT2D eigenvalue weighted by molar-refractivity contribution is -0.143. The molecule has 6 nitrogen and oxygen atoms in total. The Morgan fingerprint density at radius 3 is 1.50 bits per heavy atom. The quantitative estimate of drug-likeness (QED) is 0.655. The molecule has 0 saturated carbocycles. The van der Waals surface area contributed by atoms with E-state index in [1.54, 1.807) is 0 Å². The second-order valence-electron chi connectivity index (χ2n) is 10.5. The molecule has 5 unspecified atom stereocenters. The van der Waals surface area contributed by atoms with Crippen molar-refractivity contribution in [2.75, 3.05) is 0 Å². The van der Waals surface area contributed by atoms with Gasteiger partial charge in [-0.1, -0.05) is 41.5 Å². The number of carbonyl (C=O) groups excluding carboxylic acids is 2. The van der Waals surface area contributed by atoms with Crippen LogP contribution in [0.5, 0.6) is 0 Å². The first-order valence-electron chi connectivity index (χ1n) is 10.5. The second kappa shape index (κ2) is 8.70. The van der Waals surface area contributed by atoms with Gasteiger partial charge < -0.3 is 9.47 Å². The summed E-state index contributed by atoms with van der Waals surface area (Å²) in [5.41, 5.74) is 0.0998. The van der Waals surface area contributed by atoms with E-state index in [1.165, 1.54) is 0 Å². The summed E-state index contributed by atoms with van der Waals surface area (Å²) in [6.45, 7) is 24.9. The van der Waals surface area contributed by atoms with Crippen LogP contribution in [0, 0.1) is 10.8 Å². The first kappa shape index (κ1) is 24.9. The highest BCUT2D eigenvalue weighted by atomic mass is 16.6. The Hall–Kier alpha value is -1.14. The fourth-order valence-electron chi connectivity index (χ4n) is 4.01. The molecule has 2 aliphatic rings. The molecule has 0 amide bonds. The van der Waals surface area contributed by atoms with Gasteiger partial charge in [-0.05, 0) is 52.4 Å². The van der Waals surface area contributed by atoms with Crippen molar-refractivity contribution in [2.24, 2.45) is 10.8 Å². The minimum absolute atomic E-state index is 0.0634. The molecular formula is C22H42N2O4. The zero-order valence-corrected chi connectivity index (χ0v) is 20.0. The first-order valence-corrected chi connectivity index (χ1v) is 10.5. The van der Waals surface area contributed by atoms with Crippen molar-refractivity contribution in [1.29, 1.82) is 0 Å². The Kier molecular flexibility index (Phi) is 7.74. The summed E-state index contributed by atoms with van der Waals surface area (Å²) in [5.74, 6) is -0.188. The summed E-state index contributed by atoms with van der Waals surface area (Å²) in [4.78, 5) is 27.3. The van der Waals surface area contributed by atoms with Gasteiger partial charge in [0.05, 0.1) is 0 Å². The fourth-order valence-corrected chi connectivity index (χ4v) is 4.01. The number of esters is 2. The van der Waals surface area contributed by atoms with Gasteiger partial charge in [0.25, 0.3) is 0 Å². The lowest BCUT2D eigenvalue weighted by Crippen LogP contribution is -2.48. The van der Waals surface area contributed by atoms with Gasteiger partial charge in [0.15, 0.2) is 12.5 Å². The summed E-state index contributed by atoms with van der Waals surface area (Å²) < 4.78 is 10.5. The summed E-state index contributed by atoms with van der Waals surface area (Å²) in [6, 6.07) is 0.441. The number of ether oxygens (including phenoxy) is 2. The normalized spacial score (nSPS) is 30.8. The Morgan fingerprint density at radius 1 is 0.786 bits per heavy atom. The van der Waals surface area contributed by atoms with Crippen LogP contribution >= 0.6 is 0 Å². The maximum Gasteiger partial charge on any atom is 0.325 e. The van der Waals surface area contributed by atoms with E-state index in [-0.39, 0.29) is 47.3 Å². The van der Waals surface area contributed by atoms with Gasteiger partial charge in [0.2, 0.25) is 0 Å². The summed E-state index contributed by atoms with van der Waals surface area (Å²) in [5, 5.41) is 0. The van der Waals surface area contributed by atoms with Crippen LogP contribution in [0.1, 0.15) is 83.1 Å². The minimum atomic E-state index is -0.113. The van der Waals surface area contributed by atoms with Crippen LogP contribution < -0.4 is 0 Å². The van der Waals surface area contributed by atoms with Crippen molar-refractivity contribution in [3.05, 3.63) is 0 Å². The van der Waals surface area contributed by atoms with E-state index >= 15 is 0 Å². The summed E-state index contributed by atoms with van der Waals surface area (Å²) in [6.07, 6.45) is -0.182. The predicted octanol–water partition coefficient (Wildman–Crippen LogP) is 4.03. The maximum absolute atomic E-state index is 11.7. The van der Waals surface area contributed by atoms with Crippen molar-refractivity contribution in [2.45, 2.75) is 120 Å². The molecule has 2 fully saturated rings. The van der Waals surface area contributed by atoms with Gasteiger partial charge in [-0.3, -0.25) is 19.4 Å². The third kappa shape index (κ3) is 5.47. The largest absolute Gasteiger partial charge is 0.445 e. The molecule has 0 aromatic heterocycles. The highest BCUT2D eigenvalue weighted by Crippen LogP contribution is 2.33. The van der Waals surface area contributed by atoms with E-state index in [2.05, 4.69) is 72.1 Å². The van der Waals surface area contributed by atoms with Crippen LogP contribution in [-0.2, 0) is 19.1 Å². The molecule has 0 N–H and O–H groups in total. The molecule has 28 heavy (non-hydrogen) atoms. The van der Waals surface area contributed by atoms with E-state index in [1.807, 2.05) is 20.8 Å². The third-order valence-corrected chi connectivity index (χ3v) is 5.84. The number of hydrogen-bond donors (Lipinski definition) is 0. The number of carbonyl (C=O) groups is 2. The predicted molar refractivity (Wildman–Crippen MR) is 112 cm³/mol. The molecule has 0 radical (unpaired) electrons. The van der Waals surface area contributed by atoms with Crippen molar-refractivity contribution in [3.8, 4) is 0 Å². The fraction of sp³-hybridized carbons (Fsp3) is 0.909. The highest BCUT2D eigenvalue weighted by Gasteiger charge is 2.47. The molecule has 2 heterocycles. The van der Waals surface area contributed by atoms with Gasteiger partial charge in [0, 0.05) is 12.1 Å². The van der Waals surface area contributed by atoms with Crippen LogP contribution in [0.25, 0.3) is 0 Å². The molecule has 164 valence electrons. The van der Waals surface area contributed by atoms with Gasteiger partial charge in [-0.25, -0.2) is 0 Å². The van der Waals surface area contributed by atoms with E-state index in [9.17, 15) is 9.59 Å². The standard InChI is InChI=1S/2C11H21NO2/c1-7-10(13)14-9(3)12(7)8(2)11(4,5)6;1-7(2)12-8(3)14-10(13)9(12)11(4,5)6/h2*7-9H,1-6H3. The van der Waals surface area contributed by atoms with E-state index in [4.69, 9.17) is 9.47 Å². The molecule has 2 saturated heterocycles. The SMILES string of the molecule is CC(C)N1C(C)OC(=O)C1C(C)(C)C.CC1OC(=O)C(C)N1C(C)C(C)(C)C. The van der Waals surface area contributed by atoms with Crippen LogP contribution in [0.15, 0.2) is 0 Å². The molecule has 0 aromatic rings. The summed E-state index contributed by atoms with van der Waals surface area (Å²) >= 11 is 0. The topological polar surface area (TPSA) is 59.1 Å². The smallest absolute Gasteiger partial charge is 0.325 e. The van der Waals surface area contributed by atoms with Gasteiger partial charge in [-0.15, -0.1) is 0 Å². The molecule has 6 heteroatoms. The lowest BCUT2D eigenvalue weighted by atomic mass is 9.85. The van der Waals surface area contributed by atoms with Crippen molar-refractivity contribution >= 4 is 11.9 Å². The molecule has 0 spiro atoms. The zero-order valence-electron chi connectivity index (χ0n) is 20.0. The molecule has 2 rings (SSSR count). The van der Waals surface area contributed by atoms with E-state index < -0.39 is 0 Å². The molecule has 0 bridgehead atoms. The van der Waals surface area contributed by atoms with Crippen molar-refractivity contribution in [1.82, 2.24) is 9.80 Å². The Balaban J connectivity index is 0.000000280. The molecule has 0 aromatic carbocycles. The van der Waals surface area contributed by atoms with Gasteiger partial charge in [-0.2, -0.15) is 0 Å². The Bertz CT molecular complexity index is 560. The lowest BCUT2D eigenvalue weighted by Gasteiger charge is -2.37. The first-order chi connectivity index (χ1) is 12.5. The number of hydrogen-bond acceptors (Lipinski definition) is 6. The number of cyclic esters (lactones) is 2. The maximum atomic E-state index is 11.7. The van der Waals surface area contributed by atoms with Gasteiger partial charge >= 0.3 is 11.9 Å². The average molecular weight is 399 g/mol. The van der Waals surface area contributed by atoms with E-state index in [0.29, 0.717) is 12.1 Å². The molecule has 5 atom stereocenters. The zero-order chi connectivity index (χ0) is 22.2. The number of nitrogens with zero attached hydrogens (tertiary/aromatic N) is 2. The Labute approximate surface area is 171 Å². The van der Waals surface area contributed by atoms with E-state index in [0.717, 1.165) is 0 Å². The molecule has 2 aliphatic heterocycles. The number of rotatable bonds is 2. The minimum Gasteiger partial charge on any atom is -0.445 e. The Morgan fingerprint density at radius 2 is 1.21 bits per heavy atom. The van der Waals surface area contributed by atoms with Gasteiger partial charge in [0.1, 0.15) is 12.1 Å². The highest BCUT2D eigenvalue weighted by molar-refractivity contribution is 5.78. The third-order valence-electron chi connectivity index (χ3n) is 5.84. The van der Waals surface area contributed by atoms with Crippen LogP contribution in [0.4, 0.5) is 0 Å². The monoisotopic (exact) mass is 398 g/mol. The van der Waals surface area contributed by atoms with Crippen LogP contribution in [0.3, 0.4) is 0 Å². The van der Waals surface area contributed by atoms with Crippen LogP contribution in [-0.4, -0.2) is 58.4 Å². The molecular weight excluding hydrogens is 356 g/mol. The second-order valence-corrected chi connectivity index (χ2v) is 10.5. The van der Waals surface area contributed by atoms with Crippen LogP contribution in [0.2, 0.25) is 0 Å². The molecule has 0 aliphatic carbocycles. The van der Waals surface area contributed by atoms with Crippen molar-refractivity contribution < 1.29 is 19.1 Å². The van der Waals surface area contributed by atoms with Crippen molar-refractivity contribution in [3.63, 3.8) is 0 Å². The summed E-state index contributed by atoms with van der Waals surface area (Å²) in [7, 11) is 0.